The van der Waals surface area contributed by atoms with E-state index in [-0.39, 0.29) is 17.1 Å². The minimum absolute atomic E-state index is 0.251. The topological polar surface area (TPSA) is 156 Å². The molecule has 11 heteroatoms. The zero-order valence-electron chi connectivity index (χ0n) is 9.01. The average Bonchev–Trinajstić information content (AvgIpc) is 2.27. The molecule has 0 aliphatic heterocycles. The number of anilines is 1. The number of hydrogen-bond donors (Lipinski definition) is 3. The van der Waals surface area contributed by atoms with Crippen molar-refractivity contribution in [3.05, 3.63) is 38.4 Å². The molecule has 0 aliphatic carbocycles. The van der Waals surface area contributed by atoms with Gasteiger partial charge in [-0.05, 0) is 6.07 Å². The molecule has 0 saturated carbocycles. The highest BCUT2D eigenvalue weighted by Gasteiger charge is 2.17. The first kappa shape index (κ1) is 15.8. The molecule has 10 nitrogen and oxygen atoms in total. The number of non-ortho nitro benzene ring substituents is 1. The summed E-state index contributed by atoms with van der Waals surface area (Å²) in [4.78, 5) is 33.7. The second-order valence-electron chi connectivity index (χ2n) is 2.72. The van der Waals surface area contributed by atoms with Gasteiger partial charge in [0, 0.05) is 17.7 Å². The van der Waals surface area contributed by atoms with Gasteiger partial charge >= 0.3 is 8.25 Å². The Hall–Kier alpha value is -2.16. The lowest BCUT2D eigenvalue weighted by Gasteiger charge is -2.00. The summed E-state index contributed by atoms with van der Waals surface area (Å²) >= 11 is 0. The van der Waals surface area contributed by atoms with Gasteiger partial charge in [-0.1, -0.05) is 0 Å². The average molecular weight is 278 g/mol. The quantitative estimate of drug-likeness (QED) is 0.422. The van der Waals surface area contributed by atoms with Crippen LogP contribution in [-0.2, 0) is 4.57 Å². The van der Waals surface area contributed by atoms with E-state index in [4.69, 9.17) is 14.4 Å². The third-order valence-corrected chi connectivity index (χ3v) is 1.66. The molecule has 18 heavy (non-hydrogen) atoms. The molecule has 0 aliphatic rings. The van der Waals surface area contributed by atoms with Gasteiger partial charge in [0.2, 0.25) is 0 Å². The van der Waals surface area contributed by atoms with Crippen molar-refractivity contribution in [3.8, 4) is 0 Å². The molecule has 0 fully saturated rings. The minimum atomic E-state index is -2.87. The molecular weight excluding hydrogens is 269 g/mol. The van der Waals surface area contributed by atoms with Crippen LogP contribution in [0, 0.1) is 20.2 Å². The van der Waals surface area contributed by atoms with Crippen LogP contribution in [0.1, 0.15) is 0 Å². The summed E-state index contributed by atoms with van der Waals surface area (Å²) in [7, 11) is -1.36. The Labute approximate surface area is 101 Å². The van der Waals surface area contributed by atoms with Gasteiger partial charge in [0.15, 0.2) is 0 Å². The Morgan fingerprint density at radius 2 is 1.72 bits per heavy atom. The standard InChI is InChI=1S/C7H7N3O4.HO3P/c1-8-6-3-2-5(9(11)12)4-7(6)10(13)14;1-4(2)3/h2-4,8H,1H3;(H-,1,2,3)/p+1. The molecule has 0 radical (unpaired) electrons. The van der Waals surface area contributed by atoms with Gasteiger partial charge in [-0.2, -0.15) is 0 Å². The maximum atomic E-state index is 10.5. The molecule has 0 heterocycles. The fraction of sp³-hybridized carbons (Fsp3) is 0.143. The van der Waals surface area contributed by atoms with Crippen molar-refractivity contribution in [2.24, 2.45) is 0 Å². The highest BCUT2D eigenvalue weighted by atomic mass is 31.1. The first-order valence-corrected chi connectivity index (χ1v) is 5.41. The smallest absolute Gasteiger partial charge is 0.383 e. The van der Waals surface area contributed by atoms with Crippen molar-refractivity contribution in [2.45, 2.75) is 0 Å². The fourth-order valence-corrected chi connectivity index (χ4v) is 0.996. The van der Waals surface area contributed by atoms with E-state index in [9.17, 15) is 20.2 Å². The number of nitrogens with zero attached hydrogens (tertiary/aromatic N) is 2. The summed E-state index contributed by atoms with van der Waals surface area (Å²) in [5.74, 6) is 0. The summed E-state index contributed by atoms with van der Waals surface area (Å²) in [6, 6.07) is 3.43. The van der Waals surface area contributed by atoms with Gasteiger partial charge in [0.25, 0.3) is 11.4 Å². The summed E-state index contributed by atoms with van der Waals surface area (Å²) in [6.07, 6.45) is 0. The maximum absolute atomic E-state index is 10.5. The van der Waals surface area contributed by atoms with Crippen LogP contribution in [0.2, 0.25) is 0 Å². The van der Waals surface area contributed by atoms with Crippen LogP contribution in [0.15, 0.2) is 18.2 Å². The number of nitro groups is 2. The molecule has 0 spiro atoms. The predicted octanol–water partition coefficient (Wildman–Crippen LogP) is 1.17. The lowest BCUT2D eigenvalue weighted by atomic mass is 10.2. The van der Waals surface area contributed by atoms with Crippen LogP contribution in [0.5, 0.6) is 0 Å². The van der Waals surface area contributed by atoms with Crippen LogP contribution in [0.25, 0.3) is 0 Å². The molecule has 0 aromatic heterocycles. The molecule has 1 aromatic carbocycles. The molecule has 0 bridgehead atoms. The van der Waals surface area contributed by atoms with Crippen molar-refractivity contribution < 1.29 is 24.2 Å². The normalized spacial score (nSPS) is 8.83. The Balaban J connectivity index is 0.000000631. The maximum Gasteiger partial charge on any atom is 0.692 e. The molecule has 1 rings (SSSR count). The van der Waals surface area contributed by atoms with Crippen LogP contribution in [0.3, 0.4) is 0 Å². The monoisotopic (exact) mass is 278 g/mol. The van der Waals surface area contributed by atoms with Crippen molar-refractivity contribution in [1.29, 1.82) is 0 Å². The van der Waals surface area contributed by atoms with Crippen molar-refractivity contribution in [3.63, 3.8) is 0 Å². The third-order valence-electron chi connectivity index (χ3n) is 1.66. The zero-order valence-corrected chi connectivity index (χ0v) is 9.90. The van der Waals surface area contributed by atoms with Gasteiger partial charge < -0.3 is 5.32 Å². The molecule has 3 N–H and O–H groups in total. The second kappa shape index (κ2) is 7.22. The molecular formula is C7H9N3O7P+. The first-order valence-electron chi connectivity index (χ1n) is 4.25. The number of nitrogens with one attached hydrogen (secondary N) is 1. The van der Waals surface area contributed by atoms with Crippen LogP contribution in [-0.4, -0.2) is 26.7 Å². The van der Waals surface area contributed by atoms with Crippen LogP contribution >= 0.6 is 8.25 Å². The SMILES string of the molecule is CNc1ccc([N+](=O)[O-])cc1[N+](=O)[O-].O=[P+](O)O. The number of benzene rings is 1. The summed E-state index contributed by atoms with van der Waals surface area (Å²) in [5, 5.41) is 23.4. The largest absolute Gasteiger partial charge is 0.692 e. The second-order valence-corrected chi connectivity index (χ2v) is 3.22. The van der Waals surface area contributed by atoms with E-state index in [1.165, 1.54) is 19.2 Å². The van der Waals surface area contributed by atoms with E-state index >= 15 is 0 Å². The molecule has 0 unspecified atom stereocenters. The summed E-state index contributed by atoms with van der Waals surface area (Å²) < 4.78 is 8.70. The van der Waals surface area contributed by atoms with E-state index in [0.29, 0.717) is 0 Å². The Kier molecular flexibility index (Phi) is 6.35. The predicted molar refractivity (Wildman–Crippen MR) is 61.3 cm³/mol. The Morgan fingerprint density at radius 1 is 1.22 bits per heavy atom. The zero-order chi connectivity index (χ0) is 14.3. The number of rotatable bonds is 3. The number of hydrogen-bond acceptors (Lipinski definition) is 6. The van der Waals surface area contributed by atoms with Crippen molar-refractivity contribution in [2.75, 3.05) is 12.4 Å². The van der Waals surface area contributed by atoms with E-state index in [0.717, 1.165) is 6.07 Å². The number of nitro benzene ring substituents is 2. The molecule has 1 aromatic rings. The van der Waals surface area contributed by atoms with Gasteiger partial charge in [-0.15, -0.1) is 9.79 Å². The lowest BCUT2D eigenvalue weighted by molar-refractivity contribution is -0.393. The van der Waals surface area contributed by atoms with Gasteiger partial charge in [-0.25, -0.2) is 0 Å². The van der Waals surface area contributed by atoms with Gasteiger partial charge in [0.1, 0.15) is 5.69 Å². The molecule has 0 saturated heterocycles. The minimum Gasteiger partial charge on any atom is -0.383 e. The van der Waals surface area contributed by atoms with E-state index in [2.05, 4.69) is 5.32 Å². The fourth-order valence-electron chi connectivity index (χ4n) is 0.996. The third kappa shape index (κ3) is 5.25. The van der Waals surface area contributed by atoms with Gasteiger partial charge in [0.05, 0.1) is 15.9 Å². The van der Waals surface area contributed by atoms with E-state index in [1.807, 2.05) is 0 Å². The summed E-state index contributed by atoms with van der Waals surface area (Å²) in [6.45, 7) is 0. The van der Waals surface area contributed by atoms with E-state index in [1.54, 1.807) is 0 Å². The highest BCUT2D eigenvalue weighted by Crippen LogP contribution is 2.28. The Morgan fingerprint density at radius 3 is 2.06 bits per heavy atom. The highest BCUT2D eigenvalue weighted by molar-refractivity contribution is 7.30. The summed E-state index contributed by atoms with van der Waals surface area (Å²) in [5.41, 5.74) is -0.349. The van der Waals surface area contributed by atoms with Crippen LogP contribution < -0.4 is 5.32 Å². The van der Waals surface area contributed by atoms with E-state index < -0.39 is 18.1 Å². The molecule has 98 valence electrons. The Bertz CT molecular complexity index is 474. The van der Waals surface area contributed by atoms with Gasteiger partial charge in [-0.3, -0.25) is 20.2 Å². The van der Waals surface area contributed by atoms with Crippen molar-refractivity contribution >= 4 is 25.3 Å². The molecule has 0 atom stereocenters. The first-order chi connectivity index (χ1) is 8.29. The van der Waals surface area contributed by atoms with Crippen molar-refractivity contribution in [1.82, 2.24) is 0 Å². The van der Waals surface area contributed by atoms with Crippen LogP contribution in [0.4, 0.5) is 17.1 Å². The molecule has 0 amide bonds. The lowest BCUT2D eigenvalue weighted by Crippen LogP contribution is -1.98.